The fourth-order valence-corrected chi connectivity index (χ4v) is 1.06. The minimum absolute atomic E-state index is 0.0149. The van der Waals surface area contributed by atoms with Crippen LogP contribution < -0.4 is 9.47 Å². The molecule has 15 heavy (non-hydrogen) atoms. The molecule has 1 rings (SSSR count). The Morgan fingerprint density at radius 1 is 1.20 bits per heavy atom. The summed E-state index contributed by atoms with van der Waals surface area (Å²) in [6.07, 6.45) is 0. The summed E-state index contributed by atoms with van der Waals surface area (Å²) < 4.78 is 15.0. The Morgan fingerprint density at radius 3 is 2.60 bits per heavy atom. The van der Waals surface area contributed by atoms with Crippen molar-refractivity contribution in [3.05, 3.63) is 24.3 Å². The van der Waals surface area contributed by atoms with Crippen molar-refractivity contribution in [2.75, 3.05) is 27.4 Å². The average molecular weight is 210 g/mol. The number of rotatable bonds is 6. The fraction of sp³-hybridized carbons (Fsp3) is 0.364. The second-order valence-electron chi connectivity index (χ2n) is 2.94. The summed E-state index contributed by atoms with van der Waals surface area (Å²) in [5.74, 6) is 1.21. The van der Waals surface area contributed by atoms with Gasteiger partial charge in [0, 0.05) is 13.2 Å². The third kappa shape index (κ3) is 3.99. The first-order valence-electron chi connectivity index (χ1n) is 4.53. The highest BCUT2D eigenvalue weighted by molar-refractivity contribution is 5.81. The summed E-state index contributed by atoms with van der Waals surface area (Å²) in [5.41, 5.74) is 0. The second kappa shape index (κ2) is 6.03. The van der Waals surface area contributed by atoms with Crippen molar-refractivity contribution in [1.82, 2.24) is 0 Å². The monoisotopic (exact) mass is 210 g/mol. The van der Waals surface area contributed by atoms with E-state index in [1.165, 1.54) is 7.11 Å². The van der Waals surface area contributed by atoms with Crippen LogP contribution in [-0.2, 0) is 9.53 Å². The molecule has 0 aliphatic heterocycles. The number of hydrogen-bond donors (Lipinski definition) is 0. The van der Waals surface area contributed by atoms with E-state index >= 15 is 0 Å². The lowest BCUT2D eigenvalue weighted by Crippen LogP contribution is -2.16. The molecule has 0 heterocycles. The molecule has 0 aliphatic carbocycles. The lowest BCUT2D eigenvalue weighted by atomic mass is 10.3. The molecule has 0 unspecified atom stereocenters. The number of methoxy groups -OCH3 is 2. The first-order chi connectivity index (χ1) is 7.26. The van der Waals surface area contributed by atoms with Crippen LogP contribution in [0.3, 0.4) is 0 Å². The van der Waals surface area contributed by atoms with Gasteiger partial charge in [0.05, 0.1) is 7.11 Å². The maximum atomic E-state index is 11.1. The predicted molar refractivity (Wildman–Crippen MR) is 55.4 cm³/mol. The zero-order chi connectivity index (χ0) is 11.1. The number of benzene rings is 1. The van der Waals surface area contributed by atoms with Gasteiger partial charge in [-0.3, -0.25) is 4.79 Å². The highest BCUT2D eigenvalue weighted by Gasteiger charge is 2.02. The number of Topliss-reactive ketones (excluding diaryl/α,β-unsaturated/α-hetero) is 1. The molecule has 0 aliphatic rings. The average Bonchev–Trinajstić information content (AvgIpc) is 2.27. The van der Waals surface area contributed by atoms with Gasteiger partial charge in [0.15, 0.2) is 5.78 Å². The van der Waals surface area contributed by atoms with Gasteiger partial charge >= 0.3 is 0 Å². The predicted octanol–water partition coefficient (Wildman–Crippen LogP) is 1.29. The van der Waals surface area contributed by atoms with Crippen molar-refractivity contribution in [3.8, 4) is 11.5 Å². The summed E-state index contributed by atoms with van der Waals surface area (Å²) in [5, 5.41) is 0. The molecular formula is C11H14O4. The molecule has 0 bridgehead atoms. The summed E-state index contributed by atoms with van der Waals surface area (Å²) >= 11 is 0. The molecule has 0 saturated carbocycles. The van der Waals surface area contributed by atoms with E-state index in [9.17, 15) is 4.79 Å². The molecule has 1 aromatic carbocycles. The molecule has 0 saturated heterocycles. The van der Waals surface area contributed by atoms with Crippen molar-refractivity contribution in [2.24, 2.45) is 0 Å². The van der Waals surface area contributed by atoms with Gasteiger partial charge in [0.25, 0.3) is 0 Å². The van der Waals surface area contributed by atoms with E-state index in [-0.39, 0.29) is 19.0 Å². The molecule has 4 heteroatoms. The number of carbonyl (C=O) groups excluding carboxylic acids is 1. The molecular weight excluding hydrogens is 196 g/mol. The van der Waals surface area contributed by atoms with Gasteiger partial charge in [-0.05, 0) is 12.1 Å². The normalized spacial score (nSPS) is 9.73. The van der Waals surface area contributed by atoms with E-state index < -0.39 is 0 Å². The Labute approximate surface area is 88.8 Å². The second-order valence-corrected chi connectivity index (χ2v) is 2.94. The maximum absolute atomic E-state index is 11.1. The molecule has 0 amide bonds. The van der Waals surface area contributed by atoms with Gasteiger partial charge in [-0.15, -0.1) is 0 Å². The first kappa shape index (κ1) is 11.5. The molecule has 0 aromatic heterocycles. The van der Waals surface area contributed by atoms with E-state index in [1.807, 2.05) is 6.07 Å². The van der Waals surface area contributed by atoms with Gasteiger partial charge in [-0.2, -0.15) is 0 Å². The van der Waals surface area contributed by atoms with E-state index in [4.69, 9.17) is 9.47 Å². The van der Waals surface area contributed by atoms with Crippen LogP contribution in [0.2, 0.25) is 0 Å². The van der Waals surface area contributed by atoms with Crippen molar-refractivity contribution >= 4 is 5.78 Å². The van der Waals surface area contributed by atoms with Crippen LogP contribution in [0.15, 0.2) is 24.3 Å². The van der Waals surface area contributed by atoms with Crippen LogP contribution in [-0.4, -0.2) is 33.2 Å². The third-order valence-electron chi connectivity index (χ3n) is 1.75. The quantitative estimate of drug-likeness (QED) is 0.709. The number of carbonyl (C=O) groups is 1. The highest BCUT2D eigenvalue weighted by Crippen LogP contribution is 2.18. The fourth-order valence-electron chi connectivity index (χ4n) is 1.06. The molecule has 0 N–H and O–H groups in total. The van der Waals surface area contributed by atoms with Gasteiger partial charge in [0.1, 0.15) is 24.7 Å². The molecule has 0 radical (unpaired) electrons. The Bertz CT molecular complexity index is 322. The Kier molecular flexibility index (Phi) is 4.63. The van der Waals surface area contributed by atoms with Crippen LogP contribution in [0.4, 0.5) is 0 Å². The van der Waals surface area contributed by atoms with E-state index in [2.05, 4.69) is 4.74 Å². The maximum Gasteiger partial charge on any atom is 0.195 e. The zero-order valence-corrected chi connectivity index (χ0v) is 8.86. The Hall–Kier alpha value is -1.55. The van der Waals surface area contributed by atoms with Gasteiger partial charge in [-0.25, -0.2) is 0 Å². The van der Waals surface area contributed by atoms with Crippen molar-refractivity contribution in [2.45, 2.75) is 0 Å². The molecule has 0 spiro atoms. The third-order valence-corrected chi connectivity index (χ3v) is 1.75. The number of ether oxygens (including phenoxy) is 3. The van der Waals surface area contributed by atoms with Crippen molar-refractivity contribution in [3.63, 3.8) is 0 Å². The molecule has 0 fully saturated rings. The van der Waals surface area contributed by atoms with E-state index in [1.54, 1.807) is 25.3 Å². The van der Waals surface area contributed by atoms with Crippen LogP contribution in [0, 0.1) is 0 Å². The van der Waals surface area contributed by atoms with Crippen LogP contribution in [0.1, 0.15) is 0 Å². The summed E-state index contributed by atoms with van der Waals surface area (Å²) in [4.78, 5) is 11.1. The summed E-state index contributed by atoms with van der Waals surface area (Å²) in [7, 11) is 3.05. The highest BCUT2D eigenvalue weighted by atomic mass is 16.5. The Balaban J connectivity index is 2.46. The lowest BCUT2D eigenvalue weighted by molar-refractivity contribution is -0.124. The molecule has 82 valence electrons. The Morgan fingerprint density at radius 2 is 1.93 bits per heavy atom. The van der Waals surface area contributed by atoms with Gasteiger partial charge in [-0.1, -0.05) is 6.07 Å². The number of ketones is 1. The van der Waals surface area contributed by atoms with Crippen LogP contribution in [0.25, 0.3) is 0 Å². The van der Waals surface area contributed by atoms with Crippen LogP contribution in [0.5, 0.6) is 11.5 Å². The van der Waals surface area contributed by atoms with Crippen molar-refractivity contribution in [1.29, 1.82) is 0 Å². The summed E-state index contributed by atoms with van der Waals surface area (Å²) in [6.45, 7) is 0.0883. The van der Waals surface area contributed by atoms with Crippen molar-refractivity contribution < 1.29 is 19.0 Å². The summed E-state index contributed by atoms with van der Waals surface area (Å²) in [6, 6.07) is 7.10. The van der Waals surface area contributed by atoms with Gasteiger partial charge < -0.3 is 14.2 Å². The van der Waals surface area contributed by atoms with E-state index in [0.29, 0.717) is 11.5 Å². The molecule has 0 atom stereocenters. The zero-order valence-electron chi connectivity index (χ0n) is 8.86. The standard InChI is InChI=1S/C11H14O4/c1-13-7-9(12)8-15-11-5-3-4-10(6-11)14-2/h3-6H,7-8H2,1-2H3. The number of hydrogen-bond acceptors (Lipinski definition) is 4. The lowest BCUT2D eigenvalue weighted by Gasteiger charge is -2.06. The van der Waals surface area contributed by atoms with Gasteiger partial charge in [0.2, 0.25) is 0 Å². The first-order valence-corrected chi connectivity index (χ1v) is 4.53. The largest absolute Gasteiger partial charge is 0.497 e. The van der Waals surface area contributed by atoms with E-state index in [0.717, 1.165) is 0 Å². The minimum Gasteiger partial charge on any atom is -0.497 e. The smallest absolute Gasteiger partial charge is 0.195 e. The topological polar surface area (TPSA) is 44.8 Å². The molecule has 4 nitrogen and oxygen atoms in total. The SMILES string of the molecule is COCC(=O)COc1cccc(OC)c1. The molecule has 1 aromatic rings. The minimum atomic E-state index is -0.0969. The van der Waals surface area contributed by atoms with Crippen LogP contribution >= 0.6 is 0 Å².